The van der Waals surface area contributed by atoms with E-state index in [4.69, 9.17) is 10.5 Å². The molecule has 0 saturated carbocycles. The van der Waals surface area contributed by atoms with E-state index >= 15 is 0 Å². The van der Waals surface area contributed by atoms with Crippen LogP contribution >= 0.6 is 0 Å². The molecular formula is C13H18N6O. The molecule has 1 aliphatic rings. The Morgan fingerprint density at radius 2 is 2.35 bits per heavy atom. The van der Waals surface area contributed by atoms with E-state index in [0.717, 1.165) is 31.7 Å². The molecule has 0 spiro atoms. The second-order valence-electron chi connectivity index (χ2n) is 4.88. The van der Waals surface area contributed by atoms with Gasteiger partial charge < -0.3 is 19.9 Å². The monoisotopic (exact) mass is 274 g/mol. The summed E-state index contributed by atoms with van der Waals surface area (Å²) < 4.78 is 7.25. The molecule has 0 aliphatic carbocycles. The number of methoxy groups -OCH3 is 1. The summed E-state index contributed by atoms with van der Waals surface area (Å²) in [6.07, 6.45) is 7.89. The standard InChI is InChI=1S/C13H18N6O/c1-20-12-7-11(16-13(14)17-12)19-5-2-3-10(19)8-18-6-4-15-9-18/h4,6-7,9-10H,2-3,5,8H2,1H3,(H2,14,16,17)/t10-/m0/s1. The van der Waals surface area contributed by atoms with Crippen molar-refractivity contribution in [3.63, 3.8) is 0 Å². The lowest BCUT2D eigenvalue weighted by molar-refractivity contribution is 0.397. The van der Waals surface area contributed by atoms with E-state index in [2.05, 4.69) is 24.4 Å². The minimum absolute atomic E-state index is 0.243. The first-order valence-corrected chi connectivity index (χ1v) is 6.67. The highest BCUT2D eigenvalue weighted by Crippen LogP contribution is 2.27. The molecule has 3 rings (SSSR count). The highest BCUT2D eigenvalue weighted by atomic mass is 16.5. The van der Waals surface area contributed by atoms with Gasteiger partial charge in [-0.05, 0) is 12.8 Å². The van der Waals surface area contributed by atoms with E-state index in [1.807, 2.05) is 18.6 Å². The average molecular weight is 274 g/mol. The summed E-state index contributed by atoms with van der Waals surface area (Å²) in [5.74, 6) is 1.57. The number of aromatic nitrogens is 4. The molecule has 0 radical (unpaired) electrons. The van der Waals surface area contributed by atoms with Gasteiger partial charge in [-0.1, -0.05) is 0 Å². The molecule has 1 aliphatic heterocycles. The van der Waals surface area contributed by atoms with Gasteiger partial charge in [0.15, 0.2) is 0 Å². The van der Waals surface area contributed by atoms with Gasteiger partial charge in [-0.2, -0.15) is 9.97 Å². The van der Waals surface area contributed by atoms with Crippen LogP contribution in [0.15, 0.2) is 24.8 Å². The van der Waals surface area contributed by atoms with E-state index in [0.29, 0.717) is 11.9 Å². The Morgan fingerprint density at radius 3 is 3.10 bits per heavy atom. The number of nitrogens with two attached hydrogens (primary N) is 1. The van der Waals surface area contributed by atoms with Crippen molar-refractivity contribution in [3.8, 4) is 5.88 Å². The fourth-order valence-corrected chi connectivity index (χ4v) is 2.65. The molecule has 20 heavy (non-hydrogen) atoms. The maximum atomic E-state index is 5.74. The van der Waals surface area contributed by atoms with E-state index in [1.165, 1.54) is 0 Å². The van der Waals surface area contributed by atoms with Crippen LogP contribution in [0.5, 0.6) is 5.88 Å². The van der Waals surface area contributed by atoms with Crippen molar-refractivity contribution < 1.29 is 4.74 Å². The Hall–Kier alpha value is -2.31. The SMILES string of the molecule is COc1cc(N2CCC[C@H]2Cn2ccnc2)nc(N)n1. The molecule has 2 aromatic rings. The third-order valence-corrected chi connectivity index (χ3v) is 3.57. The van der Waals surface area contributed by atoms with Gasteiger partial charge in [0.05, 0.1) is 13.4 Å². The Labute approximate surface area is 117 Å². The number of hydrogen-bond acceptors (Lipinski definition) is 6. The predicted molar refractivity (Wildman–Crippen MR) is 75.6 cm³/mol. The van der Waals surface area contributed by atoms with Crippen molar-refractivity contribution in [1.82, 2.24) is 19.5 Å². The molecule has 0 amide bonds. The third-order valence-electron chi connectivity index (χ3n) is 3.57. The fourth-order valence-electron chi connectivity index (χ4n) is 2.65. The molecule has 0 bridgehead atoms. The van der Waals surface area contributed by atoms with Crippen LogP contribution in [0.3, 0.4) is 0 Å². The van der Waals surface area contributed by atoms with Crippen LogP contribution in [0.4, 0.5) is 11.8 Å². The number of rotatable bonds is 4. The maximum absolute atomic E-state index is 5.74. The number of ether oxygens (including phenoxy) is 1. The van der Waals surface area contributed by atoms with E-state index in [-0.39, 0.29) is 5.95 Å². The smallest absolute Gasteiger partial charge is 0.225 e. The zero-order chi connectivity index (χ0) is 13.9. The molecule has 3 heterocycles. The van der Waals surface area contributed by atoms with Gasteiger partial charge in [-0.25, -0.2) is 4.98 Å². The Morgan fingerprint density at radius 1 is 1.45 bits per heavy atom. The van der Waals surface area contributed by atoms with Gasteiger partial charge in [0.2, 0.25) is 11.8 Å². The van der Waals surface area contributed by atoms with Crippen molar-refractivity contribution in [2.45, 2.75) is 25.4 Å². The van der Waals surface area contributed by atoms with Gasteiger partial charge in [0.1, 0.15) is 5.82 Å². The van der Waals surface area contributed by atoms with Crippen molar-refractivity contribution in [1.29, 1.82) is 0 Å². The zero-order valence-corrected chi connectivity index (χ0v) is 11.4. The molecule has 7 nitrogen and oxygen atoms in total. The highest BCUT2D eigenvalue weighted by Gasteiger charge is 2.26. The van der Waals surface area contributed by atoms with E-state index in [9.17, 15) is 0 Å². The van der Waals surface area contributed by atoms with Crippen LogP contribution in [0.1, 0.15) is 12.8 Å². The van der Waals surface area contributed by atoms with Crippen molar-refractivity contribution in [2.75, 3.05) is 24.3 Å². The van der Waals surface area contributed by atoms with Crippen LogP contribution in [0, 0.1) is 0 Å². The van der Waals surface area contributed by atoms with Gasteiger partial charge in [-0.3, -0.25) is 0 Å². The Balaban J connectivity index is 1.82. The van der Waals surface area contributed by atoms with Crippen molar-refractivity contribution >= 4 is 11.8 Å². The molecule has 2 N–H and O–H groups in total. The number of nitrogens with zero attached hydrogens (tertiary/aromatic N) is 5. The number of hydrogen-bond donors (Lipinski definition) is 1. The summed E-state index contributed by atoms with van der Waals surface area (Å²) in [6, 6.07) is 2.23. The second kappa shape index (κ2) is 5.36. The molecule has 1 saturated heterocycles. The minimum atomic E-state index is 0.243. The summed E-state index contributed by atoms with van der Waals surface area (Å²) in [4.78, 5) is 14.7. The number of anilines is 2. The summed E-state index contributed by atoms with van der Waals surface area (Å²) in [7, 11) is 1.58. The topological polar surface area (TPSA) is 82.1 Å². The van der Waals surface area contributed by atoms with E-state index in [1.54, 1.807) is 13.3 Å². The summed E-state index contributed by atoms with van der Waals surface area (Å²) in [6.45, 7) is 1.87. The van der Waals surface area contributed by atoms with Gasteiger partial charge in [0, 0.05) is 37.6 Å². The van der Waals surface area contributed by atoms with Crippen molar-refractivity contribution in [2.24, 2.45) is 0 Å². The molecule has 1 fully saturated rings. The quantitative estimate of drug-likeness (QED) is 0.893. The van der Waals surface area contributed by atoms with Crippen LogP contribution in [-0.2, 0) is 6.54 Å². The molecule has 0 aromatic carbocycles. The van der Waals surface area contributed by atoms with Crippen LogP contribution in [0.2, 0.25) is 0 Å². The number of nitrogen functional groups attached to an aromatic ring is 1. The normalized spacial score (nSPS) is 18.4. The third kappa shape index (κ3) is 2.52. The largest absolute Gasteiger partial charge is 0.481 e. The summed E-state index contributed by atoms with van der Waals surface area (Å²) >= 11 is 0. The lowest BCUT2D eigenvalue weighted by Crippen LogP contribution is -2.33. The van der Waals surface area contributed by atoms with Gasteiger partial charge in [-0.15, -0.1) is 0 Å². The Bertz CT molecular complexity index is 570. The average Bonchev–Trinajstić information content (AvgIpc) is 3.10. The summed E-state index contributed by atoms with van der Waals surface area (Å²) in [5, 5.41) is 0. The zero-order valence-electron chi connectivity index (χ0n) is 11.4. The lowest BCUT2D eigenvalue weighted by Gasteiger charge is -2.26. The first kappa shape index (κ1) is 12.7. The molecular weight excluding hydrogens is 256 g/mol. The molecule has 7 heteroatoms. The molecule has 0 unspecified atom stereocenters. The molecule has 106 valence electrons. The van der Waals surface area contributed by atoms with Gasteiger partial charge >= 0.3 is 0 Å². The van der Waals surface area contributed by atoms with Crippen LogP contribution in [0.25, 0.3) is 0 Å². The van der Waals surface area contributed by atoms with E-state index < -0.39 is 0 Å². The van der Waals surface area contributed by atoms with Crippen LogP contribution < -0.4 is 15.4 Å². The summed E-state index contributed by atoms with van der Waals surface area (Å²) in [5.41, 5.74) is 5.74. The Kier molecular flexibility index (Phi) is 3.41. The highest BCUT2D eigenvalue weighted by molar-refractivity contribution is 5.47. The fraction of sp³-hybridized carbons (Fsp3) is 0.462. The van der Waals surface area contributed by atoms with Crippen molar-refractivity contribution in [3.05, 3.63) is 24.8 Å². The molecule has 1 atom stereocenters. The lowest BCUT2D eigenvalue weighted by atomic mass is 10.2. The second-order valence-corrected chi connectivity index (χ2v) is 4.88. The minimum Gasteiger partial charge on any atom is -0.481 e. The number of imidazole rings is 1. The van der Waals surface area contributed by atoms with Crippen LogP contribution in [-0.4, -0.2) is 39.2 Å². The van der Waals surface area contributed by atoms with Gasteiger partial charge in [0.25, 0.3) is 0 Å². The predicted octanol–water partition coefficient (Wildman–Crippen LogP) is 0.933. The molecule has 2 aromatic heterocycles. The first-order chi connectivity index (χ1) is 9.76. The maximum Gasteiger partial charge on any atom is 0.225 e. The first-order valence-electron chi connectivity index (χ1n) is 6.67.